The normalized spacial score (nSPS) is 13.3. The van der Waals surface area contributed by atoms with Crippen LogP contribution >= 0.6 is 0 Å². The number of nitrogens with one attached hydrogen (secondary N) is 2. The van der Waals surface area contributed by atoms with Crippen LogP contribution in [0, 0.1) is 0 Å². The number of hydrogen-bond donors (Lipinski definition) is 2. The van der Waals surface area contributed by atoms with Crippen LogP contribution in [0.2, 0.25) is 0 Å². The number of benzene rings is 1. The molecule has 1 aliphatic carbocycles. The van der Waals surface area contributed by atoms with Gasteiger partial charge in [-0.1, -0.05) is 24.3 Å². The number of nitrogens with zero attached hydrogens (tertiary/aromatic N) is 2. The van der Waals surface area contributed by atoms with E-state index in [9.17, 15) is 4.79 Å². The number of aryl methyl sites for hydroxylation is 1. The smallest absolute Gasteiger partial charge is 0.289 e. The first-order valence-corrected chi connectivity index (χ1v) is 7.78. The first kappa shape index (κ1) is 14.4. The minimum Gasteiger partial charge on any atom is -0.463 e. The number of furan rings is 1. The summed E-state index contributed by atoms with van der Waals surface area (Å²) in [5.41, 5.74) is 7.78. The molecule has 0 saturated carbocycles. The second-order valence-corrected chi connectivity index (χ2v) is 5.70. The van der Waals surface area contributed by atoms with Crippen LogP contribution in [-0.4, -0.2) is 21.8 Å². The van der Waals surface area contributed by atoms with Gasteiger partial charge in [-0.2, -0.15) is 10.2 Å². The molecule has 6 nitrogen and oxygen atoms in total. The number of amides is 1. The van der Waals surface area contributed by atoms with Crippen LogP contribution in [0.3, 0.4) is 0 Å². The SMILES string of the molecule is CC(=NNC(=O)c1[nH]nc2c1CCc1ccccc1-2)c1ccco1. The number of hydrazone groups is 1. The van der Waals surface area contributed by atoms with Gasteiger partial charge in [0.1, 0.15) is 17.2 Å². The number of fused-ring (bicyclic) bond motifs is 3. The Hall–Kier alpha value is -3.15. The number of H-pyrrole nitrogens is 1. The van der Waals surface area contributed by atoms with Gasteiger partial charge in [0.25, 0.3) is 5.91 Å². The van der Waals surface area contributed by atoms with Crippen molar-refractivity contribution in [2.24, 2.45) is 5.10 Å². The van der Waals surface area contributed by atoms with Gasteiger partial charge in [0.15, 0.2) is 0 Å². The summed E-state index contributed by atoms with van der Waals surface area (Å²) in [5, 5.41) is 11.3. The van der Waals surface area contributed by atoms with Crippen LogP contribution in [0.25, 0.3) is 11.3 Å². The van der Waals surface area contributed by atoms with Gasteiger partial charge in [0.05, 0.1) is 12.0 Å². The molecule has 0 saturated heterocycles. The zero-order valence-corrected chi connectivity index (χ0v) is 13.2. The van der Waals surface area contributed by atoms with Gasteiger partial charge in [-0.25, -0.2) is 5.43 Å². The quantitative estimate of drug-likeness (QED) is 0.575. The van der Waals surface area contributed by atoms with Crippen molar-refractivity contribution in [3.8, 4) is 11.3 Å². The average Bonchev–Trinajstić information content (AvgIpc) is 3.28. The van der Waals surface area contributed by atoms with Crippen molar-refractivity contribution in [3.63, 3.8) is 0 Å². The third-order valence-electron chi connectivity index (χ3n) is 4.21. The van der Waals surface area contributed by atoms with Gasteiger partial charge in [0, 0.05) is 11.1 Å². The van der Waals surface area contributed by atoms with Crippen LogP contribution in [0.4, 0.5) is 0 Å². The third kappa shape index (κ3) is 2.42. The Bertz CT molecular complexity index is 922. The first-order valence-electron chi connectivity index (χ1n) is 7.78. The van der Waals surface area contributed by atoms with Crippen LogP contribution in [0.1, 0.15) is 34.3 Å². The highest BCUT2D eigenvalue weighted by Crippen LogP contribution is 2.33. The van der Waals surface area contributed by atoms with Gasteiger partial charge < -0.3 is 4.42 Å². The molecule has 2 aromatic heterocycles. The van der Waals surface area contributed by atoms with E-state index in [1.54, 1.807) is 25.3 Å². The predicted octanol–water partition coefficient (Wildman–Crippen LogP) is 2.92. The molecule has 0 atom stereocenters. The number of hydrogen-bond acceptors (Lipinski definition) is 4. The average molecular weight is 320 g/mol. The highest BCUT2D eigenvalue weighted by molar-refractivity contribution is 5.99. The standard InChI is InChI=1S/C18H16N4O2/c1-11(15-7-4-10-24-15)19-22-18(23)17-14-9-8-12-5-2-3-6-13(12)16(14)20-21-17/h2-7,10H,8-9H2,1H3,(H,20,21)(H,22,23). The maximum atomic E-state index is 12.4. The number of carbonyl (C=O) groups is 1. The monoisotopic (exact) mass is 320 g/mol. The van der Waals surface area contributed by atoms with E-state index in [2.05, 4.69) is 26.8 Å². The van der Waals surface area contributed by atoms with Gasteiger partial charge in [0.2, 0.25) is 0 Å². The van der Waals surface area contributed by atoms with Crippen LogP contribution in [0.15, 0.2) is 52.2 Å². The van der Waals surface area contributed by atoms with Crippen molar-refractivity contribution >= 4 is 11.6 Å². The molecule has 120 valence electrons. The molecule has 0 fully saturated rings. The van der Waals surface area contributed by atoms with Gasteiger partial charge in [-0.3, -0.25) is 9.89 Å². The van der Waals surface area contributed by atoms with E-state index in [0.717, 1.165) is 29.7 Å². The topological polar surface area (TPSA) is 83.3 Å². The fourth-order valence-corrected chi connectivity index (χ4v) is 2.98. The zero-order chi connectivity index (χ0) is 16.5. The fourth-order valence-electron chi connectivity index (χ4n) is 2.98. The molecule has 0 spiro atoms. The number of aromatic amines is 1. The Labute approximate surface area is 138 Å². The molecule has 2 N–H and O–H groups in total. The molecule has 4 rings (SSSR count). The second kappa shape index (κ2) is 5.81. The van der Waals surface area contributed by atoms with Gasteiger partial charge in [-0.15, -0.1) is 0 Å². The second-order valence-electron chi connectivity index (χ2n) is 5.70. The fraction of sp³-hybridized carbons (Fsp3) is 0.167. The maximum absolute atomic E-state index is 12.4. The van der Waals surface area contributed by atoms with Crippen molar-refractivity contribution in [3.05, 3.63) is 65.2 Å². The van der Waals surface area contributed by atoms with Crippen molar-refractivity contribution in [1.82, 2.24) is 15.6 Å². The highest BCUT2D eigenvalue weighted by atomic mass is 16.3. The van der Waals surface area contributed by atoms with Crippen LogP contribution in [0.5, 0.6) is 0 Å². The highest BCUT2D eigenvalue weighted by Gasteiger charge is 2.24. The van der Waals surface area contributed by atoms with E-state index in [4.69, 9.17) is 4.42 Å². The molecule has 0 aliphatic heterocycles. The van der Waals surface area contributed by atoms with Gasteiger partial charge in [-0.05, 0) is 37.5 Å². The van der Waals surface area contributed by atoms with E-state index in [0.29, 0.717) is 17.2 Å². The Morgan fingerprint density at radius 2 is 2.12 bits per heavy atom. The summed E-state index contributed by atoms with van der Waals surface area (Å²) in [7, 11) is 0. The van der Waals surface area contributed by atoms with Gasteiger partial charge >= 0.3 is 0 Å². The third-order valence-corrected chi connectivity index (χ3v) is 4.21. The Morgan fingerprint density at radius 1 is 1.25 bits per heavy atom. The predicted molar refractivity (Wildman–Crippen MR) is 89.8 cm³/mol. The zero-order valence-electron chi connectivity index (χ0n) is 13.2. The van der Waals surface area contributed by atoms with E-state index >= 15 is 0 Å². The lowest BCUT2D eigenvalue weighted by Crippen LogP contribution is -2.21. The van der Waals surface area contributed by atoms with Crippen molar-refractivity contribution in [2.45, 2.75) is 19.8 Å². The van der Waals surface area contributed by atoms with E-state index in [-0.39, 0.29) is 5.91 Å². The summed E-state index contributed by atoms with van der Waals surface area (Å²) < 4.78 is 5.25. The van der Waals surface area contributed by atoms with E-state index in [1.165, 1.54) is 5.56 Å². The summed E-state index contributed by atoms with van der Waals surface area (Å²) in [6, 6.07) is 11.7. The lowest BCUT2D eigenvalue weighted by molar-refractivity contribution is 0.0949. The van der Waals surface area contributed by atoms with Crippen LogP contribution < -0.4 is 5.43 Å². The summed E-state index contributed by atoms with van der Waals surface area (Å²) in [6.45, 7) is 1.78. The molecule has 1 aliphatic rings. The molecule has 0 radical (unpaired) electrons. The Balaban J connectivity index is 1.59. The number of carbonyl (C=O) groups excluding carboxylic acids is 1. The lowest BCUT2D eigenvalue weighted by Gasteiger charge is -2.15. The number of aromatic nitrogens is 2. The molecule has 0 unspecified atom stereocenters. The van der Waals surface area contributed by atoms with Crippen molar-refractivity contribution in [2.75, 3.05) is 0 Å². The molecule has 0 bridgehead atoms. The molecule has 6 heteroatoms. The summed E-state index contributed by atoms with van der Waals surface area (Å²) >= 11 is 0. The first-order chi connectivity index (χ1) is 11.7. The summed E-state index contributed by atoms with van der Waals surface area (Å²) in [6.07, 6.45) is 3.25. The van der Waals surface area contributed by atoms with Crippen molar-refractivity contribution in [1.29, 1.82) is 0 Å². The van der Waals surface area contributed by atoms with E-state index < -0.39 is 0 Å². The molecule has 2 heterocycles. The van der Waals surface area contributed by atoms with E-state index in [1.807, 2.05) is 18.2 Å². The minimum absolute atomic E-state index is 0.297. The molecule has 1 aromatic carbocycles. The van der Waals surface area contributed by atoms with Crippen LogP contribution in [-0.2, 0) is 12.8 Å². The Kier molecular flexibility index (Phi) is 3.49. The maximum Gasteiger partial charge on any atom is 0.289 e. The summed E-state index contributed by atoms with van der Waals surface area (Å²) in [5.74, 6) is 0.324. The molecule has 3 aromatic rings. The van der Waals surface area contributed by atoms with Crippen molar-refractivity contribution < 1.29 is 9.21 Å². The molecule has 1 amide bonds. The lowest BCUT2D eigenvalue weighted by atomic mass is 9.89. The summed E-state index contributed by atoms with van der Waals surface area (Å²) in [4.78, 5) is 12.4. The molecular formula is C18H16N4O2. The largest absolute Gasteiger partial charge is 0.463 e. The number of rotatable bonds is 3. The molecular weight excluding hydrogens is 304 g/mol. The molecule has 24 heavy (non-hydrogen) atoms. The Morgan fingerprint density at radius 3 is 2.96 bits per heavy atom. The minimum atomic E-state index is -0.297.